The zero-order chi connectivity index (χ0) is 14.0. The van der Waals surface area contributed by atoms with Gasteiger partial charge in [-0.15, -0.1) is 0 Å². The molecule has 1 rings (SSSR count). The van der Waals surface area contributed by atoms with Gasteiger partial charge in [0.2, 0.25) is 10.0 Å². The van der Waals surface area contributed by atoms with Crippen LogP contribution in [0.2, 0.25) is 5.02 Å². The normalized spacial score (nSPS) is 12.6. The minimum absolute atomic E-state index is 0.0148. The van der Waals surface area contributed by atoms with E-state index < -0.39 is 19.9 Å². The predicted molar refractivity (Wildman–Crippen MR) is 68.6 cm³/mol. The van der Waals surface area contributed by atoms with Crippen molar-refractivity contribution in [3.63, 3.8) is 0 Å². The van der Waals surface area contributed by atoms with Gasteiger partial charge >= 0.3 is 0 Å². The molecule has 0 aromatic carbocycles. The molecule has 0 radical (unpaired) electrons. The molecule has 1 heterocycles. The fourth-order valence-corrected chi connectivity index (χ4v) is 2.86. The third-order valence-electron chi connectivity index (χ3n) is 1.92. The number of nitrogen functional groups attached to an aromatic ring is 1. The first-order chi connectivity index (χ1) is 8.12. The van der Waals surface area contributed by atoms with Crippen molar-refractivity contribution in [2.45, 2.75) is 4.90 Å². The zero-order valence-electron chi connectivity index (χ0n) is 9.42. The van der Waals surface area contributed by atoms with Crippen LogP contribution in [0, 0.1) is 0 Å². The second kappa shape index (κ2) is 5.39. The van der Waals surface area contributed by atoms with Gasteiger partial charge in [0.15, 0.2) is 0 Å². The first-order valence-electron chi connectivity index (χ1n) is 4.70. The Morgan fingerprint density at radius 3 is 2.50 bits per heavy atom. The van der Waals surface area contributed by atoms with Crippen LogP contribution in [-0.2, 0) is 19.9 Å². The first kappa shape index (κ1) is 15.2. The van der Waals surface area contributed by atoms with Crippen molar-refractivity contribution in [3.8, 4) is 0 Å². The van der Waals surface area contributed by atoms with Crippen LogP contribution in [0.25, 0.3) is 0 Å². The molecule has 1 aromatic heterocycles. The molecule has 0 fully saturated rings. The lowest BCUT2D eigenvalue weighted by Crippen LogP contribution is -2.29. The number of aromatic nitrogens is 1. The minimum atomic E-state index is -3.84. The van der Waals surface area contributed by atoms with E-state index in [-0.39, 0.29) is 28.0 Å². The van der Waals surface area contributed by atoms with Crippen molar-refractivity contribution in [3.05, 3.63) is 17.3 Å². The Balaban J connectivity index is 2.84. The maximum atomic E-state index is 11.7. The molecule has 0 amide bonds. The predicted octanol–water partition coefficient (Wildman–Crippen LogP) is -0.360. The number of sulfonamides is 1. The summed E-state index contributed by atoms with van der Waals surface area (Å²) in [5.41, 5.74) is 5.35. The van der Waals surface area contributed by atoms with Gasteiger partial charge in [-0.1, -0.05) is 11.6 Å². The van der Waals surface area contributed by atoms with Gasteiger partial charge in [-0.3, -0.25) is 0 Å². The summed E-state index contributed by atoms with van der Waals surface area (Å²) in [6.07, 6.45) is 2.06. The summed E-state index contributed by atoms with van der Waals surface area (Å²) in [5.74, 6) is -0.269. The van der Waals surface area contributed by atoms with Gasteiger partial charge in [0.1, 0.15) is 20.6 Å². The lowest BCUT2D eigenvalue weighted by atomic mass is 10.5. The average Bonchev–Trinajstić information content (AvgIpc) is 2.19. The monoisotopic (exact) mass is 313 g/mol. The highest BCUT2D eigenvalue weighted by molar-refractivity contribution is 7.91. The van der Waals surface area contributed by atoms with Crippen LogP contribution in [0.15, 0.2) is 17.2 Å². The Morgan fingerprint density at radius 1 is 1.39 bits per heavy atom. The lowest BCUT2D eigenvalue weighted by molar-refractivity contribution is 0.581. The summed E-state index contributed by atoms with van der Waals surface area (Å²) >= 11 is 5.65. The van der Waals surface area contributed by atoms with Crippen LogP contribution in [0.3, 0.4) is 0 Å². The molecule has 0 saturated heterocycles. The molecule has 3 N–H and O–H groups in total. The van der Waals surface area contributed by atoms with E-state index in [1.165, 1.54) is 0 Å². The van der Waals surface area contributed by atoms with Crippen LogP contribution in [-0.4, -0.2) is 40.4 Å². The summed E-state index contributed by atoms with van der Waals surface area (Å²) in [5, 5.41) is 0.0148. The smallest absolute Gasteiger partial charge is 0.242 e. The summed E-state index contributed by atoms with van der Waals surface area (Å²) < 4.78 is 47.3. The molecular formula is C8H12ClN3O4S2. The van der Waals surface area contributed by atoms with E-state index in [1.54, 1.807) is 0 Å². The summed E-state index contributed by atoms with van der Waals surface area (Å²) in [6, 6.07) is 1.15. The van der Waals surface area contributed by atoms with Gasteiger partial charge in [-0.2, -0.15) is 0 Å². The second-order valence-electron chi connectivity index (χ2n) is 3.57. The number of halogens is 1. The molecule has 0 saturated carbocycles. The minimum Gasteiger partial charge on any atom is -0.382 e. The number of pyridine rings is 1. The number of nitrogens with two attached hydrogens (primary N) is 1. The number of hydrogen-bond acceptors (Lipinski definition) is 6. The zero-order valence-corrected chi connectivity index (χ0v) is 11.8. The fourth-order valence-electron chi connectivity index (χ4n) is 1.02. The molecule has 0 aliphatic rings. The standard InChI is InChI=1S/C8H12ClN3O4S2/c1-17(13,14)3-2-12-18(15,16)6-4-7(9)8(10)11-5-6/h4-5,12H,2-3H2,1H3,(H2,10,11). The molecule has 10 heteroatoms. The number of sulfone groups is 1. The molecule has 18 heavy (non-hydrogen) atoms. The molecule has 0 aliphatic heterocycles. The van der Waals surface area contributed by atoms with Gasteiger partial charge in [0.25, 0.3) is 0 Å². The molecule has 7 nitrogen and oxygen atoms in total. The van der Waals surface area contributed by atoms with Crippen LogP contribution < -0.4 is 10.5 Å². The maximum Gasteiger partial charge on any atom is 0.242 e. The quantitative estimate of drug-likeness (QED) is 0.766. The molecule has 0 aliphatic carbocycles. The summed E-state index contributed by atoms with van der Waals surface area (Å²) in [6.45, 7) is -0.219. The van der Waals surface area contributed by atoms with E-state index in [0.29, 0.717) is 0 Å². The Kier molecular flexibility index (Phi) is 4.54. The van der Waals surface area contributed by atoms with E-state index >= 15 is 0 Å². The molecular weight excluding hydrogens is 302 g/mol. The summed E-state index contributed by atoms with van der Waals surface area (Å²) in [4.78, 5) is 3.44. The van der Waals surface area contributed by atoms with E-state index in [9.17, 15) is 16.8 Å². The molecule has 0 atom stereocenters. The highest BCUT2D eigenvalue weighted by Crippen LogP contribution is 2.19. The van der Waals surface area contributed by atoms with E-state index in [1.807, 2.05) is 0 Å². The van der Waals surface area contributed by atoms with Crippen molar-refractivity contribution in [1.82, 2.24) is 9.71 Å². The maximum absolute atomic E-state index is 11.7. The molecule has 0 unspecified atom stereocenters. The largest absolute Gasteiger partial charge is 0.382 e. The van der Waals surface area contributed by atoms with Gasteiger partial charge in [-0.05, 0) is 6.07 Å². The van der Waals surface area contributed by atoms with Gasteiger partial charge in [0, 0.05) is 19.0 Å². The van der Waals surface area contributed by atoms with Gasteiger partial charge < -0.3 is 5.73 Å². The SMILES string of the molecule is CS(=O)(=O)CCNS(=O)(=O)c1cnc(N)c(Cl)c1. The molecule has 0 bridgehead atoms. The third kappa shape index (κ3) is 4.41. The van der Waals surface area contributed by atoms with E-state index in [4.69, 9.17) is 17.3 Å². The van der Waals surface area contributed by atoms with Crippen molar-refractivity contribution in [2.75, 3.05) is 24.3 Å². The fraction of sp³-hybridized carbons (Fsp3) is 0.375. The van der Waals surface area contributed by atoms with Crippen molar-refractivity contribution >= 4 is 37.3 Å². The molecule has 1 aromatic rings. The second-order valence-corrected chi connectivity index (χ2v) is 8.00. The molecule has 102 valence electrons. The van der Waals surface area contributed by atoms with Crippen LogP contribution in [0.5, 0.6) is 0 Å². The van der Waals surface area contributed by atoms with Crippen molar-refractivity contribution in [1.29, 1.82) is 0 Å². The molecule has 0 spiro atoms. The van der Waals surface area contributed by atoms with Crippen LogP contribution in [0.1, 0.15) is 0 Å². The Morgan fingerprint density at radius 2 is 2.00 bits per heavy atom. The Labute approximate surface area is 110 Å². The number of nitrogens with one attached hydrogen (secondary N) is 1. The Bertz CT molecular complexity index is 642. The van der Waals surface area contributed by atoms with Gasteiger partial charge in [-0.25, -0.2) is 26.5 Å². The topological polar surface area (TPSA) is 119 Å². The average molecular weight is 314 g/mol. The third-order valence-corrected chi connectivity index (χ3v) is 4.60. The van der Waals surface area contributed by atoms with Crippen molar-refractivity contribution < 1.29 is 16.8 Å². The Hall–Kier alpha value is -0.900. The highest BCUT2D eigenvalue weighted by atomic mass is 35.5. The van der Waals surface area contributed by atoms with Crippen LogP contribution >= 0.6 is 11.6 Å². The van der Waals surface area contributed by atoms with Gasteiger partial charge in [0.05, 0.1) is 10.8 Å². The van der Waals surface area contributed by atoms with Crippen LogP contribution in [0.4, 0.5) is 5.82 Å². The summed E-state index contributed by atoms with van der Waals surface area (Å²) in [7, 11) is -7.07. The number of nitrogens with zero attached hydrogens (tertiary/aromatic N) is 1. The van der Waals surface area contributed by atoms with E-state index in [0.717, 1.165) is 18.5 Å². The van der Waals surface area contributed by atoms with Crippen molar-refractivity contribution in [2.24, 2.45) is 0 Å². The number of rotatable bonds is 5. The first-order valence-corrected chi connectivity index (χ1v) is 8.62. The highest BCUT2D eigenvalue weighted by Gasteiger charge is 2.16. The van der Waals surface area contributed by atoms with E-state index in [2.05, 4.69) is 9.71 Å². The lowest BCUT2D eigenvalue weighted by Gasteiger charge is -2.06. The number of hydrogen-bond donors (Lipinski definition) is 2. The number of anilines is 1.